The number of pyridine rings is 1. The predicted molar refractivity (Wildman–Crippen MR) is 202 cm³/mol. The molecule has 0 bridgehead atoms. The van der Waals surface area contributed by atoms with Crippen LogP contribution in [0.3, 0.4) is 0 Å². The number of carbonyl (C=O) groups is 4. The van der Waals surface area contributed by atoms with E-state index in [1.54, 1.807) is 75.4 Å². The summed E-state index contributed by atoms with van der Waals surface area (Å²) in [6, 6.07) is 11.5. The molecule has 1 aromatic heterocycles. The maximum Gasteiger partial charge on any atom is 0.340 e. The van der Waals surface area contributed by atoms with Crippen LogP contribution in [0.1, 0.15) is 89.5 Å². The smallest absolute Gasteiger partial charge is 0.340 e. The van der Waals surface area contributed by atoms with Gasteiger partial charge in [-0.15, -0.1) is 0 Å². The Morgan fingerprint density at radius 1 is 0.870 bits per heavy atom. The Kier molecular flexibility index (Phi) is 14.2. The number of hydrogen-bond acceptors (Lipinski definition) is 11. The van der Waals surface area contributed by atoms with Crippen molar-refractivity contribution in [2.45, 2.75) is 105 Å². The molecule has 4 rings (SSSR count). The van der Waals surface area contributed by atoms with Crippen LogP contribution in [0.5, 0.6) is 0 Å². The number of rotatable bonds is 11. The average molecular weight is 748 g/mol. The average Bonchev–Trinajstić information content (AvgIpc) is 3.39. The number of fused-ring (bicyclic) bond motifs is 1. The number of Topliss-reactive ketones (excluding diaryl/α,β-unsaturated/α-hetero) is 1. The molecule has 1 N–H and O–H groups in total. The summed E-state index contributed by atoms with van der Waals surface area (Å²) >= 11 is 0. The largest absolute Gasteiger partial charge is 0.457 e. The van der Waals surface area contributed by atoms with Gasteiger partial charge in [-0.3, -0.25) is 14.6 Å². The Labute approximate surface area is 319 Å². The van der Waals surface area contributed by atoms with E-state index in [9.17, 15) is 24.3 Å². The van der Waals surface area contributed by atoms with Crippen molar-refractivity contribution in [3.63, 3.8) is 0 Å². The van der Waals surface area contributed by atoms with Crippen molar-refractivity contribution in [1.29, 1.82) is 0 Å². The normalized spacial score (nSPS) is 30.5. The summed E-state index contributed by atoms with van der Waals surface area (Å²) in [6.07, 6.45) is 0.281. The Hall–Kier alpha value is -4.19. The molecule has 2 aromatic rings. The molecule has 0 amide bonds. The van der Waals surface area contributed by atoms with Crippen LogP contribution >= 0.6 is 0 Å². The van der Waals surface area contributed by atoms with E-state index in [-0.39, 0.29) is 47.5 Å². The first kappa shape index (κ1) is 42.6. The van der Waals surface area contributed by atoms with Crippen molar-refractivity contribution in [2.75, 3.05) is 13.2 Å². The van der Waals surface area contributed by atoms with Gasteiger partial charge < -0.3 is 28.8 Å². The maximum absolute atomic E-state index is 14.5. The second-order valence-electron chi connectivity index (χ2n) is 16.2. The number of nitrogens with zero attached hydrogens (tertiary/aromatic N) is 1. The molecule has 0 saturated heterocycles. The van der Waals surface area contributed by atoms with Crippen molar-refractivity contribution in [2.24, 2.45) is 35.0 Å². The van der Waals surface area contributed by atoms with E-state index in [2.05, 4.69) is 11.6 Å². The van der Waals surface area contributed by atoms with Crippen LogP contribution in [-0.4, -0.2) is 83.1 Å². The number of aromatic nitrogens is 1. The zero-order valence-electron chi connectivity index (χ0n) is 33.0. The second-order valence-corrected chi connectivity index (χ2v) is 16.2. The topological polar surface area (TPSA) is 148 Å². The first-order valence-electron chi connectivity index (χ1n) is 18.8. The summed E-state index contributed by atoms with van der Waals surface area (Å²) in [4.78, 5) is 59.6. The minimum Gasteiger partial charge on any atom is -0.457 e. The van der Waals surface area contributed by atoms with Gasteiger partial charge in [-0.1, -0.05) is 92.3 Å². The molecule has 3 unspecified atom stereocenters. The molecule has 294 valence electrons. The Morgan fingerprint density at radius 2 is 1.48 bits per heavy atom. The molecular weight excluding hydrogens is 690 g/mol. The molecule has 2 aliphatic carbocycles. The molecule has 2 aliphatic rings. The van der Waals surface area contributed by atoms with Gasteiger partial charge in [0.05, 0.1) is 23.1 Å². The summed E-state index contributed by atoms with van der Waals surface area (Å²) in [7, 11) is 0. The van der Waals surface area contributed by atoms with Gasteiger partial charge in [-0.25, -0.2) is 9.59 Å². The van der Waals surface area contributed by atoms with Crippen LogP contribution in [0.15, 0.2) is 79.2 Å². The van der Waals surface area contributed by atoms with Gasteiger partial charge in [0, 0.05) is 43.9 Å². The van der Waals surface area contributed by atoms with E-state index in [1.807, 2.05) is 34.6 Å². The number of carbonyl (C=O) groups excluding carboxylic acids is 4. The summed E-state index contributed by atoms with van der Waals surface area (Å²) < 4.78 is 31.9. The van der Waals surface area contributed by atoms with E-state index < -0.39 is 77.1 Å². The zero-order chi connectivity index (χ0) is 40.0. The second kappa shape index (κ2) is 18.0. The number of hydrogen-bond donors (Lipinski definition) is 1. The van der Waals surface area contributed by atoms with Crippen LogP contribution in [0, 0.1) is 35.0 Å². The summed E-state index contributed by atoms with van der Waals surface area (Å²) in [5, 5.41) is 12.6. The van der Waals surface area contributed by atoms with Crippen molar-refractivity contribution in [1.82, 2.24) is 4.98 Å². The summed E-state index contributed by atoms with van der Waals surface area (Å²) in [6.45, 7) is 21.1. The fourth-order valence-electron chi connectivity index (χ4n) is 7.38. The third kappa shape index (κ3) is 9.91. The third-order valence-corrected chi connectivity index (χ3v) is 10.0. The maximum atomic E-state index is 14.5. The predicted octanol–water partition coefficient (Wildman–Crippen LogP) is 6.59. The standard InChI is InChI=1S/C43H57NO10/c1-25(2)23-50-34-28(6)21-43(49)33(34)35(52-30(8)45)29(7)36(51-24-26(3)4)37(53-40(47)31-15-12-11-13-16-31)39(42(9,10)19-18-27(5)38(43)46)54-41(48)32-17-14-20-44-22-32/h11-20,22,25-28,33-37,39,49H,7,21,23-24H2,1-6,8-10H3/b19-18-/t27-,28?,33-,34+,35?,36+,37-,39?,43-/m1/s1. The monoisotopic (exact) mass is 747 g/mol. The van der Waals surface area contributed by atoms with E-state index in [1.165, 1.54) is 19.3 Å². The minimum atomic E-state index is -2.01. The number of ether oxygens (including phenoxy) is 5. The van der Waals surface area contributed by atoms with Crippen LogP contribution in [0.25, 0.3) is 0 Å². The zero-order valence-corrected chi connectivity index (χ0v) is 33.0. The minimum absolute atomic E-state index is 0.0332. The lowest BCUT2D eigenvalue weighted by Crippen LogP contribution is -2.58. The van der Waals surface area contributed by atoms with Gasteiger partial charge in [0.2, 0.25) is 0 Å². The Balaban J connectivity index is 2.03. The highest BCUT2D eigenvalue weighted by Gasteiger charge is 2.62. The molecule has 1 fully saturated rings. The molecular formula is C43H57NO10. The van der Waals surface area contributed by atoms with Crippen LogP contribution in [-0.2, 0) is 33.3 Å². The third-order valence-electron chi connectivity index (χ3n) is 10.0. The number of allylic oxidation sites excluding steroid dienone is 1. The molecule has 54 heavy (non-hydrogen) atoms. The quantitative estimate of drug-likeness (QED) is 0.151. The molecule has 1 aromatic carbocycles. The highest BCUT2D eigenvalue weighted by molar-refractivity contribution is 5.92. The molecule has 1 saturated carbocycles. The molecule has 11 heteroatoms. The van der Waals surface area contributed by atoms with Crippen molar-refractivity contribution in [3.8, 4) is 0 Å². The van der Waals surface area contributed by atoms with Gasteiger partial charge in [-0.05, 0) is 54.0 Å². The fourth-order valence-corrected chi connectivity index (χ4v) is 7.38. The van der Waals surface area contributed by atoms with Crippen molar-refractivity contribution < 1.29 is 48.0 Å². The van der Waals surface area contributed by atoms with E-state index in [0.717, 1.165) is 0 Å². The van der Waals surface area contributed by atoms with Gasteiger partial charge in [-0.2, -0.15) is 0 Å². The molecule has 9 atom stereocenters. The number of benzene rings is 1. The van der Waals surface area contributed by atoms with E-state index >= 15 is 0 Å². The highest BCUT2D eigenvalue weighted by atomic mass is 16.6. The molecule has 0 aliphatic heterocycles. The van der Waals surface area contributed by atoms with Crippen LogP contribution < -0.4 is 0 Å². The summed E-state index contributed by atoms with van der Waals surface area (Å²) in [5.74, 6) is -4.85. The van der Waals surface area contributed by atoms with Crippen LogP contribution in [0.4, 0.5) is 0 Å². The Morgan fingerprint density at radius 3 is 2.07 bits per heavy atom. The summed E-state index contributed by atoms with van der Waals surface area (Å²) in [5.41, 5.74) is -2.65. The molecule has 0 radical (unpaired) electrons. The van der Waals surface area contributed by atoms with E-state index in [0.29, 0.717) is 6.61 Å². The molecule has 1 heterocycles. The molecule has 0 spiro atoms. The highest BCUT2D eigenvalue weighted by Crippen LogP contribution is 2.49. The van der Waals surface area contributed by atoms with Crippen molar-refractivity contribution in [3.05, 3.63) is 90.3 Å². The van der Waals surface area contributed by atoms with Gasteiger partial charge in [0.15, 0.2) is 18.0 Å². The first-order valence-corrected chi connectivity index (χ1v) is 18.8. The SMILES string of the molecule is C=C1C(OC(C)=O)[C@H]2[C@@H](OCC(C)C)C(C)C[C@]2(O)C(=O)[C@H](C)/C=C\C(C)(C)C(OC(=O)c2cccnc2)[C@H](OC(=O)c2ccccc2)[C@H]1OCC(C)C. The lowest BCUT2D eigenvalue weighted by molar-refractivity contribution is -0.171. The van der Waals surface area contributed by atoms with E-state index in [4.69, 9.17) is 23.7 Å². The van der Waals surface area contributed by atoms with Gasteiger partial charge in [0.1, 0.15) is 17.8 Å². The number of aliphatic hydroxyl groups is 1. The molecule has 11 nitrogen and oxygen atoms in total. The fraction of sp³-hybridized carbons (Fsp3) is 0.558. The Bertz CT molecular complexity index is 1650. The first-order chi connectivity index (χ1) is 25.4. The van der Waals surface area contributed by atoms with Gasteiger partial charge in [0.25, 0.3) is 0 Å². The van der Waals surface area contributed by atoms with Crippen molar-refractivity contribution >= 4 is 23.7 Å². The van der Waals surface area contributed by atoms with Crippen LogP contribution in [0.2, 0.25) is 0 Å². The lowest BCUT2D eigenvalue weighted by Gasteiger charge is -2.44. The number of ketones is 1. The number of esters is 3. The van der Waals surface area contributed by atoms with Gasteiger partial charge >= 0.3 is 17.9 Å². The lowest BCUT2D eigenvalue weighted by atomic mass is 9.72.